The average Bonchev–Trinajstić information content (AvgIpc) is 2.93. The van der Waals surface area contributed by atoms with E-state index in [9.17, 15) is 0 Å². The second-order valence-corrected chi connectivity index (χ2v) is 12.4. The molecule has 0 amide bonds. The number of hydrogen-bond donors (Lipinski definition) is 2. The first kappa shape index (κ1) is 37.9. The first-order valence-corrected chi connectivity index (χ1v) is 18.2. The molecule has 2 N–H and O–H groups in total. The third-order valence-corrected chi connectivity index (χ3v) is 8.47. The molecule has 0 spiro atoms. The van der Waals surface area contributed by atoms with E-state index in [1.54, 1.807) is 0 Å². The summed E-state index contributed by atoms with van der Waals surface area (Å²) in [7, 11) is 0. The van der Waals surface area contributed by atoms with Gasteiger partial charge in [-0.05, 0) is 32.4 Å². The third-order valence-electron chi connectivity index (χ3n) is 8.47. The van der Waals surface area contributed by atoms with Crippen LogP contribution < -0.4 is 5.32 Å². The van der Waals surface area contributed by atoms with Gasteiger partial charge in [0.1, 0.15) is 0 Å². The maximum Gasteiger partial charge on any atom is 0.0431 e. The smallest absolute Gasteiger partial charge is 0.0431 e. The lowest BCUT2D eigenvalue weighted by atomic mass is 10.0. The fraction of sp³-hybridized carbons (Fsp3) is 1.00. The van der Waals surface area contributed by atoms with Crippen molar-refractivity contribution in [2.75, 3.05) is 19.7 Å². The highest BCUT2D eigenvalue weighted by Gasteiger charge is 1.97. The van der Waals surface area contributed by atoms with Gasteiger partial charge in [0.25, 0.3) is 0 Å². The molecular formula is C36H75NO. The molecular weight excluding hydrogens is 462 g/mol. The predicted molar refractivity (Wildman–Crippen MR) is 173 cm³/mol. The van der Waals surface area contributed by atoms with Crippen molar-refractivity contribution in [3.63, 3.8) is 0 Å². The minimum atomic E-state index is 0.373. The molecule has 0 unspecified atom stereocenters. The van der Waals surface area contributed by atoms with Crippen LogP contribution in [0.25, 0.3) is 0 Å². The van der Waals surface area contributed by atoms with E-state index in [0.717, 1.165) is 6.42 Å². The Hall–Kier alpha value is -0.0800. The van der Waals surface area contributed by atoms with Crippen LogP contribution in [0.3, 0.4) is 0 Å². The van der Waals surface area contributed by atoms with Gasteiger partial charge in [0.2, 0.25) is 0 Å². The molecule has 0 aromatic rings. The standard InChI is InChI=1S/C36H75NO/c1-2-3-4-5-6-7-8-19-22-25-28-31-34-37-35-32-29-26-23-20-17-15-13-11-9-10-12-14-16-18-21-24-27-30-33-36-38/h37-38H,2-36H2,1H3. The molecule has 0 fully saturated rings. The summed E-state index contributed by atoms with van der Waals surface area (Å²) < 4.78 is 0. The maximum absolute atomic E-state index is 8.78. The molecule has 0 bridgehead atoms. The van der Waals surface area contributed by atoms with Crippen LogP contribution in [-0.2, 0) is 0 Å². The van der Waals surface area contributed by atoms with Crippen molar-refractivity contribution in [1.82, 2.24) is 5.32 Å². The molecule has 0 aromatic carbocycles. The van der Waals surface area contributed by atoms with E-state index in [0.29, 0.717) is 6.61 Å². The Labute approximate surface area is 242 Å². The highest BCUT2D eigenvalue weighted by atomic mass is 16.2. The molecule has 0 aromatic heterocycles. The molecule has 38 heavy (non-hydrogen) atoms. The fourth-order valence-corrected chi connectivity index (χ4v) is 5.76. The van der Waals surface area contributed by atoms with Crippen LogP contribution >= 0.6 is 0 Å². The average molecular weight is 538 g/mol. The van der Waals surface area contributed by atoms with Gasteiger partial charge in [0.15, 0.2) is 0 Å². The molecule has 0 saturated carbocycles. The van der Waals surface area contributed by atoms with Crippen LogP contribution in [0.15, 0.2) is 0 Å². The predicted octanol–water partition coefficient (Wildman–Crippen LogP) is 12.1. The second kappa shape index (κ2) is 36.9. The monoisotopic (exact) mass is 538 g/mol. The van der Waals surface area contributed by atoms with Gasteiger partial charge in [-0.3, -0.25) is 0 Å². The van der Waals surface area contributed by atoms with E-state index in [4.69, 9.17) is 5.11 Å². The summed E-state index contributed by atoms with van der Waals surface area (Å²) in [6, 6.07) is 0. The lowest BCUT2D eigenvalue weighted by molar-refractivity contribution is 0.282. The van der Waals surface area contributed by atoms with Crippen LogP contribution in [0.2, 0.25) is 0 Å². The zero-order valence-corrected chi connectivity index (χ0v) is 26.7. The Morgan fingerprint density at radius 3 is 0.737 bits per heavy atom. The molecule has 2 heteroatoms. The first-order chi connectivity index (χ1) is 18.9. The molecule has 0 atom stereocenters. The van der Waals surface area contributed by atoms with Crippen molar-refractivity contribution in [1.29, 1.82) is 0 Å². The minimum absolute atomic E-state index is 0.373. The zero-order chi connectivity index (χ0) is 27.5. The normalized spacial score (nSPS) is 11.5. The highest BCUT2D eigenvalue weighted by molar-refractivity contribution is 4.54. The molecule has 230 valence electrons. The summed E-state index contributed by atoms with van der Waals surface area (Å²) in [5, 5.41) is 12.5. The van der Waals surface area contributed by atoms with Crippen molar-refractivity contribution in [3.05, 3.63) is 0 Å². The van der Waals surface area contributed by atoms with Crippen LogP contribution in [0, 0.1) is 0 Å². The lowest BCUT2D eigenvalue weighted by Crippen LogP contribution is -2.16. The first-order valence-electron chi connectivity index (χ1n) is 18.2. The SMILES string of the molecule is CCCCCCCCCCCCCCNCCCCCCCCCCCCCCCCCCCCCCO. The van der Waals surface area contributed by atoms with Crippen molar-refractivity contribution in [3.8, 4) is 0 Å². The Bertz CT molecular complexity index is 350. The van der Waals surface area contributed by atoms with E-state index in [2.05, 4.69) is 12.2 Å². The number of rotatable bonds is 35. The summed E-state index contributed by atoms with van der Waals surface area (Å²) in [6.45, 7) is 5.15. The van der Waals surface area contributed by atoms with Crippen LogP contribution in [0.1, 0.15) is 212 Å². The molecule has 0 rings (SSSR count). The van der Waals surface area contributed by atoms with Gasteiger partial charge in [0, 0.05) is 6.61 Å². The van der Waals surface area contributed by atoms with E-state index in [1.165, 1.54) is 212 Å². The summed E-state index contributed by atoms with van der Waals surface area (Å²) in [5.41, 5.74) is 0. The molecule has 0 heterocycles. The van der Waals surface area contributed by atoms with E-state index >= 15 is 0 Å². The van der Waals surface area contributed by atoms with Crippen molar-refractivity contribution in [2.24, 2.45) is 0 Å². The molecule has 0 radical (unpaired) electrons. The van der Waals surface area contributed by atoms with Crippen LogP contribution in [-0.4, -0.2) is 24.8 Å². The minimum Gasteiger partial charge on any atom is -0.396 e. The van der Waals surface area contributed by atoms with Gasteiger partial charge in [-0.25, -0.2) is 0 Å². The summed E-state index contributed by atoms with van der Waals surface area (Å²) in [6.07, 6.45) is 45.4. The molecule has 0 aliphatic carbocycles. The largest absolute Gasteiger partial charge is 0.396 e. The molecule has 2 nitrogen and oxygen atoms in total. The van der Waals surface area contributed by atoms with Gasteiger partial charge in [-0.1, -0.05) is 193 Å². The highest BCUT2D eigenvalue weighted by Crippen LogP contribution is 2.15. The Kier molecular flexibility index (Phi) is 36.8. The summed E-state index contributed by atoms with van der Waals surface area (Å²) >= 11 is 0. The fourth-order valence-electron chi connectivity index (χ4n) is 5.76. The zero-order valence-electron chi connectivity index (χ0n) is 26.7. The van der Waals surface area contributed by atoms with E-state index < -0.39 is 0 Å². The number of aliphatic hydroxyl groups excluding tert-OH is 1. The van der Waals surface area contributed by atoms with E-state index in [-0.39, 0.29) is 0 Å². The molecule has 0 saturated heterocycles. The number of unbranched alkanes of at least 4 members (excludes halogenated alkanes) is 30. The van der Waals surface area contributed by atoms with E-state index in [1.807, 2.05) is 0 Å². The summed E-state index contributed by atoms with van der Waals surface area (Å²) in [4.78, 5) is 0. The van der Waals surface area contributed by atoms with Crippen LogP contribution in [0.5, 0.6) is 0 Å². The van der Waals surface area contributed by atoms with Crippen molar-refractivity contribution < 1.29 is 5.11 Å². The number of hydrogen-bond acceptors (Lipinski definition) is 2. The van der Waals surface area contributed by atoms with Gasteiger partial charge in [0.05, 0.1) is 0 Å². The Balaban J connectivity index is 3.01. The van der Waals surface area contributed by atoms with Gasteiger partial charge in [-0.15, -0.1) is 0 Å². The molecule has 0 aliphatic rings. The second-order valence-electron chi connectivity index (χ2n) is 12.4. The van der Waals surface area contributed by atoms with Gasteiger partial charge in [-0.2, -0.15) is 0 Å². The Morgan fingerprint density at radius 2 is 0.500 bits per heavy atom. The van der Waals surface area contributed by atoms with Crippen LogP contribution in [0.4, 0.5) is 0 Å². The molecule has 0 aliphatic heterocycles. The quantitative estimate of drug-likeness (QED) is 0.0788. The van der Waals surface area contributed by atoms with Crippen molar-refractivity contribution in [2.45, 2.75) is 212 Å². The number of aliphatic hydroxyl groups is 1. The van der Waals surface area contributed by atoms with Gasteiger partial charge >= 0.3 is 0 Å². The topological polar surface area (TPSA) is 32.3 Å². The third kappa shape index (κ3) is 35.9. The Morgan fingerprint density at radius 1 is 0.289 bits per heavy atom. The number of nitrogens with one attached hydrogen (secondary N) is 1. The summed E-state index contributed by atoms with van der Waals surface area (Å²) in [5.74, 6) is 0. The van der Waals surface area contributed by atoms with Gasteiger partial charge < -0.3 is 10.4 Å². The van der Waals surface area contributed by atoms with Crippen molar-refractivity contribution >= 4 is 0 Å². The lowest BCUT2D eigenvalue weighted by Gasteiger charge is -2.06. The maximum atomic E-state index is 8.78.